The number of aryl methyl sites for hydroxylation is 1. The fraction of sp³-hybridized carbons (Fsp3) is 0.412. The number of amides is 1. The lowest BCUT2D eigenvalue weighted by Gasteiger charge is -2.31. The number of nitrogens with zero attached hydrogens (tertiary/aromatic N) is 1. The van der Waals surface area contributed by atoms with Crippen molar-refractivity contribution in [3.63, 3.8) is 0 Å². The molecule has 2 atom stereocenters. The van der Waals surface area contributed by atoms with Crippen molar-refractivity contribution in [1.82, 2.24) is 9.88 Å². The summed E-state index contributed by atoms with van der Waals surface area (Å²) in [5.41, 5.74) is 1.54. The van der Waals surface area contributed by atoms with Crippen LogP contribution >= 0.6 is 0 Å². The Morgan fingerprint density at radius 2 is 2.25 bits per heavy atom. The number of rotatable bonds is 5. The average Bonchev–Trinajstić information content (AvgIpc) is 2.94. The quantitative estimate of drug-likeness (QED) is 0.858. The Morgan fingerprint density at radius 3 is 3.04 bits per heavy atom. The third kappa shape index (κ3) is 3.58. The van der Waals surface area contributed by atoms with Crippen LogP contribution in [0.15, 0.2) is 30.5 Å². The second-order valence-electron chi connectivity index (χ2n) is 5.89. The van der Waals surface area contributed by atoms with Crippen LogP contribution in [0, 0.1) is 0 Å². The van der Waals surface area contributed by atoms with E-state index in [-0.39, 0.29) is 18.6 Å². The number of carboxylic acids is 1. The molecule has 1 fully saturated rings. The highest BCUT2D eigenvalue weighted by molar-refractivity contribution is 5.98. The van der Waals surface area contributed by atoms with E-state index in [9.17, 15) is 9.59 Å². The molecule has 0 unspecified atom stereocenters. The number of ether oxygens (including phenoxy) is 2. The molecule has 0 radical (unpaired) electrons. The SMILES string of the molecule is Cn1ccc2ccc(C(=O)N[C@@H]3CCOC[C@H]3OCC(=O)O)cc21. The van der Waals surface area contributed by atoms with Crippen molar-refractivity contribution in [3.8, 4) is 0 Å². The molecule has 0 aliphatic carbocycles. The van der Waals surface area contributed by atoms with Crippen LogP contribution in [-0.2, 0) is 21.3 Å². The van der Waals surface area contributed by atoms with Crippen molar-refractivity contribution < 1.29 is 24.2 Å². The maximum atomic E-state index is 12.5. The van der Waals surface area contributed by atoms with Crippen molar-refractivity contribution in [2.24, 2.45) is 7.05 Å². The molecular formula is C17H20N2O5. The van der Waals surface area contributed by atoms with Crippen molar-refractivity contribution in [3.05, 3.63) is 36.0 Å². The summed E-state index contributed by atoms with van der Waals surface area (Å²) in [6, 6.07) is 7.26. The summed E-state index contributed by atoms with van der Waals surface area (Å²) < 4.78 is 12.6. The molecule has 1 aromatic heterocycles. The van der Waals surface area contributed by atoms with Crippen LogP contribution in [0.25, 0.3) is 10.9 Å². The number of benzene rings is 1. The average molecular weight is 332 g/mol. The molecule has 24 heavy (non-hydrogen) atoms. The fourth-order valence-electron chi connectivity index (χ4n) is 2.87. The maximum absolute atomic E-state index is 12.5. The monoisotopic (exact) mass is 332 g/mol. The molecule has 1 aliphatic heterocycles. The second kappa shape index (κ2) is 7.02. The molecule has 0 spiro atoms. The predicted molar refractivity (Wildman–Crippen MR) is 87.0 cm³/mol. The van der Waals surface area contributed by atoms with Gasteiger partial charge >= 0.3 is 5.97 Å². The van der Waals surface area contributed by atoms with Gasteiger partial charge in [0.1, 0.15) is 12.7 Å². The number of nitrogens with one attached hydrogen (secondary N) is 1. The molecule has 128 valence electrons. The molecule has 7 nitrogen and oxygen atoms in total. The highest BCUT2D eigenvalue weighted by Crippen LogP contribution is 2.18. The van der Waals surface area contributed by atoms with Crippen molar-refractivity contribution in [1.29, 1.82) is 0 Å². The molecule has 2 aromatic rings. The lowest BCUT2D eigenvalue weighted by Crippen LogP contribution is -2.50. The summed E-state index contributed by atoms with van der Waals surface area (Å²) >= 11 is 0. The molecule has 1 aromatic carbocycles. The van der Waals surface area contributed by atoms with Gasteiger partial charge in [0, 0.05) is 30.9 Å². The number of carbonyl (C=O) groups excluding carboxylic acids is 1. The Morgan fingerprint density at radius 1 is 1.42 bits per heavy atom. The Labute approximate surface area is 139 Å². The Balaban J connectivity index is 1.71. The van der Waals surface area contributed by atoms with Gasteiger partial charge in [-0.3, -0.25) is 4.79 Å². The van der Waals surface area contributed by atoms with Gasteiger partial charge in [0.2, 0.25) is 0 Å². The van der Waals surface area contributed by atoms with E-state index in [1.54, 1.807) is 6.07 Å². The minimum Gasteiger partial charge on any atom is -0.480 e. The van der Waals surface area contributed by atoms with Gasteiger partial charge < -0.3 is 24.5 Å². The van der Waals surface area contributed by atoms with Gasteiger partial charge in [0.05, 0.1) is 12.6 Å². The van der Waals surface area contributed by atoms with Crippen molar-refractivity contribution in [2.75, 3.05) is 19.8 Å². The summed E-state index contributed by atoms with van der Waals surface area (Å²) in [6.07, 6.45) is 2.07. The number of fused-ring (bicyclic) bond motifs is 1. The summed E-state index contributed by atoms with van der Waals surface area (Å²) in [6.45, 7) is 0.375. The van der Waals surface area contributed by atoms with Gasteiger partial charge in [-0.2, -0.15) is 0 Å². The number of carbonyl (C=O) groups is 2. The Hall–Kier alpha value is -2.38. The summed E-state index contributed by atoms with van der Waals surface area (Å²) in [4.78, 5) is 23.2. The number of aliphatic carboxylic acids is 1. The highest BCUT2D eigenvalue weighted by atomic mass is 16.5. The van der Waals surface area contributed by atoms with Gasteiger partial charge in [-0.1, -0.05) is 6.07 Å². The smallest absolute Gasteiger partial charge is 0.329 e. The molecule has 1 aliphatic rings. The summed E-state index contributed by atoms with van der Waals surface area (Å²) in [5, 5.41) is 12.8. The zero-order valence-corrected chi connectivity index (χ0v) is 13.4. The molecule has 2 N–H and O–H groups in total. The third-order valence-electron chi connectivity index (χ3n) is 4.19. The largest absolute Gasteiger partial charge is 0.480 e. The third-order valence-corrected chi connectivity index (χ3v) is 4.19. The van der Waals surface area contributed by atoms with E-state index in [1.165, 1.54) is 0 Å². The van der Waals surface area contributed by atoms with E-state index in [0.717, 1.165) is 10.9 Å². The van der Waals surface area contributed by atoms with Gasteiger partial charge in [-0.15, -0.1) is 0 Å². The lowest BCUT2D eigenvalue weighted by atomic mass is 10.0. The minimum absolute atomic E-state index is 0.200. The van der Waals surface area contributed by atoms with Gasteiger partial charge in [-0.05, 0) is 30.0 Å². The molecule has 7 heteroatoms. The van der Waals surface area contributed by atoms with E-state index in [4.69, 9.17) is 14.6 Å². The van der Waals surface area contributed by atoms with Crippen LogP contribution in [0.1, 0.15) is 16.8 Å². The van der Waals surface area contributed by atoms with Crippen LogP contribution in [-0.4, -0.2) is 53.5 Å². The number of hydrogen-bond donors (Lipinski definition) is 2. The molecule has 1 saturated heterocycles. The summed E-state index contributed by atoms with van der Waals surface area (Å²) in [5.74, 6) is -1.24. The van der Waals surface area contributed by atoms with Crippen molar-refractivity contribution in [2.45, 2.75) is 18.6 Å². The van der Waals surface area contributed by atoms with Crippen LogP contribution < -0.4 is 5.32 Å². The zero-order chi connectivity index (χ0) is 17.1. The first-order chi connectivity index (χ1) is 11.5. The summed E-state index contributed by atoms with van der Waals surface area (Å²) in [7, 11) is 1.93. The van der Waals surface area contributed by atoms with Gasteiger partial charge in [0.15, 0.2) is 0 Å². The fourth-order valence-corrected chi connectivity index (χ4v) is 2.87. The van der Waals surface area contributed by atoms with Crippen LogP contribution in [0.4, 0.5) is 0 Å². The van der Waals surface area contributed by atoms with E-state index in [0.29, 0.717) is 18.6 Å². The second-order valence-corrected chi connectivity index (χ2v) is 5.89. The first-order valence-corrected chi connectivity index (χ1v) is 7.81. The van der Waals surface area contributed by atoms with Gasteiger partial charge in [-0.25, -0.2) is 4.79 Å². The topological polar surface area (TPSA) is 89.8 Å². The first-order valence-electron chi connectivity index (χ1n) is 7.81. The van der Waals surface area contributed by atoms with Gasteiger partial charge in [0.25, 0.3) is 5.91 Å². The number of aromatic nitrogens is 1. The molecule has 3 rings (SSSR count). The van der Waals surface area contributed by atoms with Crippen LogP contribution in [0.3, 0.4) is 0 Å². The predicted octanol–water partition coefficient (Wildman–Crippen LogP) is 1.17. The lowest BCUT2D eigenvalue weighted by molar-refractivity contribution is -0.148. The van der Waals surface area contributed by atoms with E-state index < -0.39 is 18.7 Å². The molecule has 1 amide bonds. The first kappa shape index (κ1) is 16.5. The molecule has 0 bridgehead atoms. The number of carboxylic acid groups (broad SMARTS) is 1. The van der Waals surface area contributed by atoms with E-state index in [2.05, 4.69) is 5.32 Å². The van der Waals surface area contributed by atoms with E-state index in [1.807, 2.05) is 36.0 Å². The zero-order valence-electron chi connectivity index (χ0n) is 13.4. The number of hydrogen-bond acceptors (Lipinski definition) is 4. The normalized spacial score (nSPS) is 20.9. The minimum atomic E-state index is -1.04. The Bertz CT molecular complexity index is 755. The van der Waals surface area contributed by atoms with Crippen LogP contribution in [0.5, 0.6) is 0 Å². The molecule has 0 saturated carbocycles. The molecular weight excluding hydrogens is 312 g/mol. The molecule has 2 heterocycles. The van der Waals surface area contributed by atoms with Crippen LogP contribution in [0.2, 0.25) is 0 Å². The Kier molecular flexibility index (Phi) is 4.82. The maximum Gasteiger partial charge on any atom is 0.329 e. The van der Waals surface area contributed by atoms with E-state index >= 15 is 0 Å². The van der Waals surface area contributed by atoms with Crippen molar-refractivity contribution >= 4 is 22.8 Å². The standard InChI is InChI=1S/C17H20N2O5/c1-19-6-4-11-2-3-12(8-14(11)19)17(22)18-13-5-7-23-9-15(13)24-10-16(20)21/h2-4,6,8,13,15H,5,7,9-10H2,1H3,(H,18,22)(H,20,21)/t13-,15-/m1/s1. The highest BCUT2D eigenvalue weighted by Gasteiger charge is 2.28.